The Balaban J connectivity index is 2.00. The lowest BCUT2D eigenvalue weighted by Crippen LogP contribution is -2.67. The van der Waals surface area contributed by atoms with Gasteiger partial charge in [-0.1, -0.05) is 93.6 Å². The molecule has 0 saturated carbocycles. The van der Waals surface area contributed by atoms with E-state index < -0.39 is 20.5 Å². The second-order valence-electron chi connectivity index (χ2n) is 9.07. The molecule has 3 aromatic carbocycles. The molecule has 1 atom stereocenters. The fourth-order valence-electron chi connectivity index (χ4n) is 4.32. The highest BCUT2D eigenvalue weighted by Gasteiger charge is 2.50. The lowest BCUT2D eigenvalue weighted by atomic mass is 10.1. The number of anilines is 1. The van der Waals surface area contributed by atoms with Gasteiger partial charge in [-0.05, 0) is 39.5 Å². The van der Waals surface area contributed by atoms with Gasteiger partial charge < -0.3 is 20.6 Å². The second kappa shape index (κ2) is 10.0. The van der Waals surface area contributed by atoms with E-state index in [4.69, 9.17) is 10.2 Å². The van der Waals surface area contributed by atoms with Crippen molar-refractivity contribution in [1.82, 2.24) is 5.32 Å². The zero-order chi connectivity index (χ0) is 23.2. The van der Waals surface area contributed by atoms with Gasteiger partial charge in [0.2, 0.25) is 0 Å². The molecule has 0 unspecified atom stereocenters. The van der Waals surface area contributed by atoms with E-state index in [0.717, 1.165) is 15.9 Å². The van der Waals surface area contributed by atoms with Crippen LogP contribution in [-0.2, 0) is 10.8 Å². The van der Waals surface area contributed by atoms with Crippen molar-refractivity contribution >= 4 is 30.5 Å². The maximum absolute atomic E-state index is 11.5. The maximum Gasteiger partial charge on any atom is 0.404 e. The average molecular weight is 449 g/mol. The zero-order valence-electron chi connectivity index (χ0n) is 18.9. The van der Waals surface area contributed by atoms with E-state index >= 15 is 0 Å². The van der Waals surface area contributed by atoms with Crippen molar-refractivity contribution in [3.05, 3.63) is 90.5 Å². The van der Waals surface area contributed by atoms with E-state index in [9.17, 15) is 9.90 Å². The first-order chi connectivity index (χ1) is 15.2. The summed E-state index contributed by atoms with van der Waals surface area (Å²) in [5, 5.41) is 14.3. The Bertz CT molecular complexity index is 981. The Hall–Kier alpha value is -3.09. The molecular weight excluding hydrogens is 416 g/mol. The molecule has 0 fully saturated rings. The van der Waals surface area contributed by atoms with Crippen LogP contribution >= 0.6 is 0 Å². The summed E-state index contributed by atoms with van der Waals surface area (Å²) in [5.74, 6) is 0. The van der Waals surface area contributed by atoms with Gasteiger partial charge in [0.1, 0.15) is 0 Å². The molecule has 0 aliphatic carbocycles. The normalized spacial score (nSPS) is 12.8. The number of carboxylic acid groups (broad SMARTS) is 1. The number of carbonyl (C=O) groups is 1. The molecule has 0 spiro atoms. The average Bonchev–Trinajstić information content (AvgIpc) is 2.74. The molecule has 4 N–H and O–H groups in total. The summed E-state index contributed by atoms with van der Waals surface area (Å²) in [6.07, 6.45) is -0.569. The smallest absolute Gasteiger partial charge is 0.404 e. The number of rotatable bonds is 8. The van der Waals surface area contributed by atoms with Crippen LogP contribution in [0.1, 0.15) is 26.3 Å². The predicted molar refractivity (Wildman–Crippen MR) is 133 cm³/mol. The molecule has 168 valence electrons. The largest absolute Gasteiger partial charge is 0.465 e. The van der Waals surface area contributed by atoms with Crippen molar-refractivity contribution in [3.63, 3.8) is 0 Å². The number of hydrogen-bond donors (Lipinski definition) is 3. The zero-order valence-corrected chi connectivity index (χ0v) is 19.9. The third-order valence-corrected chi connectivity index (χ3v) is 10.7. The molecule has 5 nitrogen and oxygen atoms in total. The van der Waals surface area contributed by atoms with Crippen molar-refractivity contribution in [3.8, 4) is 0 Å². The number of nitrogen functional groups attached to an aromatic ring is 1. The van der Waals surface area contributed by atoms with Crippen molar-refractivity contribution < 1.29 is 14.3 Å². The standard InChI is InChI=1S/C26H32N2O3Si/c1-26(2,3)32(23-13-6-4-7-14-23,24-15-8-5-9-16-24)31-19-22(28-25(29)30)18-20-11-10-12-21(27)17-20/h4-17,22,28H,18-19,27H2,1-3H3,(H,29,30)/t22-/m0/s1. The Kier molecular flexibility index (Phi) is 7.38. The minimum Gasteiger partial charge on any atom is -0.465 e. The highest BCUT2D eigenvalue weighted by atomic mass is 28.4. The molecule has 32 heavy (non-hydrogen) atoms. The summed E-state index contributed by atoms with van der Waals surface area (Å²) in [7, 11) is -2.75. The second-order valence-corrected chi connectivity index (χ2v) is 13.4. The summed E-state index contributed by atoms with van der Waals surface area (Å²) in [6, 6.07) is 27.8. The predicted octanol–water partition coefficient (Wildman–Crippen LogP) is 4.02. The van der Waals surface area contributed by atoms with Gasteiger partial charge in [0.25, 0.3) is 8.32 Å². The molecule has 0 aromatic heterocycles. The van der Waals surface area contributed by atoms with Crippen LogP contribution in [0.3, 0.4) is 0 Å². The molecule has 3 rings (SSSR count). The first-order valence-corrected chi connectivity index (χ1v) is 12.7. The highest BCUT2D eigenvalue weighted by molar-refractivity contribution is 6.99. The van der Waals surface area contributed by atoms with E-state index in [1.807, 2.05) is 60.7 Å². The Morgan fingerprint density at radius 1 is 0.969 bits per heavy atom. The summed E-state index contributed by atoms with van der Waals surface area (Å²) in [5.41, 5.74) is 7.55. The van der Waals surface area contributed by atoms with Crippen LogP contribution < -0.4 is 21.4 Å². The molecule has 0 saturated heterocycles. The van der Waals surface area contributed by atoms with Crippen LogP contribution in [0.5, 0.6) is 0 Å². The van der Waals surface area contributed by atoms with E-state index in [2.05, 4.69) is 50.4 Å². The summed E-state index contributed by atoms with van der Waals surface area (Å²) < 4.78 is 6.91. The molecule has 3 aromatic rings. The van der Waals surface area contributed by atoms with Crippen LogP contribution in [-0.4, -0.2) is 32.2 Å². The quantitative estimate of drug-likeness (QED) is 0.359. The van der Waals surface area contributed by atoms with Crippen molar-refractivity contribution in [2.75, 3.05) is 12.3 Å². The van der Waals surface area contributed by atoms with Gasteiger partial charge in [-0.15, -0.1) is 0 Å². The first kappa shape index (κ1) is 23.6. The van der Waals surface area contributed by atoms with E-state index in [-0.39, 0.29) is 11.6 Å². The van der Waals surface area contributed by atoms with E-state index in [1.165, 1.54) is 0 Å². The fraction of sp³-hybridized carbons (Fsp3) is 0.269. The molecule has 0 radical (unpaired) electrons. The molecule has 0 aliphatic rings. The van der Waals surface area contributed by atoms with Gasteiger partial charge in [-0.2, -0.15) is 0 Å². The Morgan fingerprint density at radius 3 is 2.00 bits per heavy atom. The van der Waals surface area contributed by atoms with Crippen LogP contribution in [0, 0.1) is 0 Å². The summed E-state index contributed by atoms with van der Waals surface area (Å²) >= 11 is 0. The Morgan fingerprint density at radius 2 is 1.53 bits per heavy atom. The lowest BCUT2D eigenvalue weighted by molar-refractivity contribution is 0.179. The number of benzene rings is 3. The number of hydrogen-bond acceptors (Lipinski definition) is 3. The van der Waals surface area contributed by atoms with Gasteiger partial charge in [0, 0.05) is 5.69 Å². The molecule has 0 heterocycles. The van der Waals surface area contributed by atoms with Crippen LogP contribution in [0.25, 0.3) is 0 Å². The lowest BCUT2D eigenvalue weighted by Gasteiger charge is -2.43. The molecule has 6 heteroatoms. The number of amides is 1. The minimum atomic E-state index is -2.75. The van der Waals surface area contributed by atoms with E-state index in [1.54, 1.807) is 0 Å². The highest BCUT2D eigenvalue weighted by Crippen LogP contribution is 2.36. The molecule has 0 aliphatic heterocycles. The SMILES string of the molecule is CC(C)(C)[Si](OC[C@H](Cc1cccc(N)c1)NC(=O)O)(c1ccccc1)c1ccccc1. The number of nitrogens with one attached hydrogen (secondary N) is 1. The monoisotopic (exact) mass is 448 g/mol. The molecule has 0 bridgehead atoms. The van der Waals surface area contributed by atoms with Crippen LogP contribution in [0.15, 0.2) is 84.9 Å². The summed E-state index contributed by atoms with van der Waals surface area (Å²) in [4.78, 5) is 11.5. The number of nitrogens with two attached hydrogens (primary N) is 1. The third-order valence-electron chi connectivity index (χ3n) is 5.68. The topological polar surface area (TPSA) is 84.6 Å². The molecule has 1 amide bonds. The van der Waals surface area contributed by atoms with Gasteiger partial charge in [0.05, 0.1) is 12.6 Å². The molecular formula is C26H32N2O3Si. The maximum atomic E-state index is 11.5. The van der Waals surface area contributed by atoms with Crippen LogP contribution in [0.2, 0.25) is 5.04 Å². The van der Waals surface area contributed by atoms with Gasteiger partial charge in [-0.3, -0.25) is 0 Å². The van der Waals surface area contributed by atoms with Crippen molar-refractivity contribution in [1.29, 1.82) is 0 Å². The third kappa shape index (κ3) is 5.39. The Labute approximate surface area is 191 Å². The van der Waals surface area contributed by atoms with Crippen molar-refractivity contribution in [2.24, 2.45) is 0 Å². The van der Waals surface area contributed by atoms with Gasteiger partial charge >= 0.3 is 6.09 Å². The van der Waals surface area contributed by atoms with E-state index in [0.29, 0.717) is 12.1 Å². The van der Waals surface area contributed by atoms with Crippen LogP contribution in [0.4, 0.5) is 10.5 Å². The first-order valence-electron chi connectivity index (χ1n) is 10.8. The summed E-state index contributed by atoms with van der Waals surface area (Å²) in [6.45, 7) is 6.87. The minimum absolute atomic E-state index is 0.180. The van der Waals surface area contributed by atoms with Gasteiger partial charge in [-0.25, -0.2) is 4.79 Å². The van der Waals surface area contributed by atoms with Crippen molar-refractivity contribution in [2.45, 2.75) is 38.3 Å². The van der Waals surface area contributed by atoms with Gasteiger partial charge in [0.15, 0.2) is 0 Å². The fourth-order valence-corrected chi connectivity index (χ4v) is 8.92.